The van der Waals surface area contributed by atoms with E-state index < -0.39 is 0 Å². The molecule has 0 fully saturated rings. The molecule has 0 saturated carbocycles. The van der Waals surface area contributed by atoms with Crippen molar-refractivity contribution >= 4 is 17.1 Å². The maximum Gasteiger partial charge on any atom is 0.206 e. The van der Waals surface area contributed by atoms with Gasteiger partial charge in [0.15, 0.2) is 0 Å². The average Bonchev–Trinajstić information content (AvgIpc) is 2.96. The first-order valence-corrected chi connectivity index (χ1v) is 6.96. The average molecular weight is 262 g/mol. The summed E-state index contributed by atoms with van der Waals surface area (Å²) >= 11 is 1.57. The molecule has 0 aliphatic heterocycles. The highest BCUT2D eigenvalue weighted by molar-refractivity contribution is 7.14. The summed E-state index contributed by atoms with van der Waals surface area (Å²) in [4.78, 5) is 14.4. The summed E-state index contributed by atoms with van der Waals surface area (Å²) in [6.45, 7) is 8.46. The first-order valence-electron chi connectivity index (χ1n) is 6.15. The van der Waals surface area contributed by atoms with E-state index in [4.69, 9.17) is 4.42 Å². The van der Waals surface area contributed by atoms with E-state index in [1.165, 1.54) is 4.88 Å². The first-order chi connectivity index (χ1) is 8.43. The molecule has 0 unspecified atom stereocenters. The van der Waals surface area contributed by atoms with Crippen molar-refractivity contribution in [3.8, 4) is 0 Å². The van der Waals surface area contributed by atoms with Gasteiger partial charge in [0.1, 0.15) is 5.76 Å². The molecule has 2 nitrogen and oxygen atoms in total. The van der Waals surface area contributed by atoms with Gasteiger partial charge in [0.2, 0.25) is 5.78 Å². The predicted octanol–water partition coefficient (Wildman–Crippen LogP) is 4.43. The highest BCUT2D eigenvalue weighted by Crippen LogP contribution is 2.31. The van der Waals surface area contributed by atoms with Crippen molar-refractivity contribution in [2.24, 2.45) is 0 Å². The van der Waals surface area contributed by atoms with Crippen LogP contribution in [0.1, 0.15) is 53.6 Å². The fourth-order valence-electron chi connectivity index (χ4n) is 1.81. The number of hydrogen-bond donors (Lipinski definition) is 0. The Morgan fingerprint density at radius 3 is 2.56 bits per heavy atom. The second-order valence-electron chi connectivity index (χ2n) is 5.35. The van der Waals surface area contributed by atoms with Crippen LogP contribution in [-0.2, 0) is 11.8 Å². The Morgan fingerprint density at radius 1 is 1.28 bits per heavy atom. The third-order valence-corrected chi connectivity index (χ3v) is 4.39. The SMILES string of the molecule is CCc1occc1C(=O)c1ccc(C(C)(C)C)s1. The Kier molecular flexibility index (Phi) is 3.44. The molecular formula is C15H18O2S. The number of thiophene rings is 1. The molecule has 2 heterocycles. The number of ketones is 1. The van der Waals surface area contributed by atoms with Gasteiger partial charge < -0.3 is 4.42 Å². The lowest BCUT2D eigenvalue weighted by atomic mass is 9.95. The molecule has 3 heteroatoms. The highest BCUT2D eigenvalue weighted by Gasteiger charge is 2.21. The van der Waals surface area contributed by atoms with Gasteiger partial charge in [-0.25, -0.2) is 0 Å². The normalized spacial score (nSPS) is 11.8. The molecule has 2 aromatic rings. The summed E-state index contributed by atoms with van der Waals surface area (Å²) in [7, 11) is 0. The number of hydrogen-bond acceptors (Lipinski definition) is 3. The lowest BCUT2D eigenvalue weighted by Crippen LogP contribution is -2.08. The molecule has 2 rings (SSSR count). The highest BCUT2D eigenvalue weighted by atomic mass is 32.1. The topological polar surface area (TPSA) is 30.2 Å². The Hall–Kier alpha value is -1.35. The summed E-state index contributed by atoms with van der Waals surface area (Å²) in [5.41, 5.74) is 0.785. The Labute approximate surface area is 112 Å². The fraction of sp³-hybridized carbons (Fsp3) is 0.400. The number of rotatable bonds is 3. The molecule has 0 spiro atoms. The number of carbonyl (C=O) groups is 1. The van der Waals surface area contributed by atoms with Crippen LogP contribution in [0.4, 0.5) is 0 Å². The van der Waals surface area contributed by atoms with Gasteiger partial charge in [-0.1, -0.05) is 27.7 Å². The molecule has 96 valence electrons. The van der Waals surface area contributed by atoms with Crippen LogP contribution in [0, 0.1) is 0 Å². The summed E-state index contributed by atoms with van der Waals surface area (Å²) in [6.07, 6.45) is 2.33. The van der Waals surface area contributed by atoms with Gasteiger partial charge in [0.25, 0.3) is 0 Å². The Morgan fingerprint density at radius 2 is 2.00 bits per heavy atom. The monoisotopic (exact) mass is 262 g/mol. The summed E-state index contributed by atoms with van der Waals surface area (Å²) in [6, 6.07) is 5.72. The zero-order chi connectivity index (χ0) is 13.3. The Bertz CT molecular complexity index is 555. The number of furan rings is 1. The third-order valence-electron chi connectivity index (χ3n) is 2.88. The lowest BCUT2D eigenvalue weighted by molar-refractivity contribution is 0.104. The van der Waals surface area contributed by atoms with E-state index in [0.717, 1.165) is 17.1 Å². The van der Waals surface area contributed by atoms with Crippen LogP contribution in [0.25, 0.3) is 0 Å². The Balaban J connectivity index is 2.33. The molecule has 0 N–H and O–H groups in total. The molecule has 2 aromatic heterocycles. The summed E-state index contributed by atoms with van der Waals surface area (Å²) in [5, 5.41) is 0. The minimum absolute atomic E-state index is 0.0705. The van der Waals surface area contributed by atoms with Crippen LogP contribution < -0.4 is 0 Å². The predicted molar refractivity (Wildman–Crippen MR) is 74.5 cm³/mol. The quantitative estimate of drug-likeness (QED) is 0.766. The third kappa shape index (κ3) is 2.41. The van der Waals surface area contributed by atoms with Crippen molar-refractivity contribution < 1.29 is 9.21 Å². The van der Waals surface area contributed by atoms with Crippen LogP contribution in [0.5, 0.6) is 0 Å². The van der Waals surface area contributed by atoms with Gasteiger partial charge in [0.05, 0.1) is 16.7 Å². The van der Waals surface area contributed by atoms with E-state index in [-0.39, 0.29) is 11.2 Å². The van der Waals surface area contributed by atoms with Crippen LogP contribution in [0.15, 0.2) is 28.9 Å². The van der Waals surface area contributed by atoms with Crippen molar-refractivity contribution in [2.75, 3.05) is 0 Å². The molecular weight excluding hydrogens is 244 g/mol. The van der Waals surface area contributed by atoms with Gasteiger partial charge in [0, 0.05) is 11.3 Å². The van der Waals surface area contributed by atoms with Crippen LogP contribution in [0.3, 0.4) is 0 Å². The maximum atomic E-state index is 12.4. The standard InChI is InChI=1S/C15H18O2S/c1-5-11-10(8-9-17-11)14(16)12-6-7-13(18-12)15(2,3)4/h6-9H,5H2,1-4H3. The van der Waals surface area contributed by atoms with Crippen molar-refractivity contribution in [3.05, 3.63) is 45.5 Å². The largest absolute Gasteiger partial charge is 0.469 e. The second kappa shape index (κ2) is 4.73. The van der Waals surface area contributed by atoms with Gasteiger partial charge >= 0.3 is 0 Å². The minimum atomic E-state index is 0.0705. The molecule has 0 aromatic carbocycles. The summed E-state index contributed by atoms with van der Waals surface area (Å²) in [5.74, 6) is 0.840. The summed E-state index contributed by atoms with van der Waals surface area (Å²) < 4.78 is 5.31. The van der Waals surface area contributed by atoms with Crippen molar-refractivity contribution in [1.29, 1.82) is 0 Å². The molecule has 0 aliphatic carbocycles. The van der Waals surface area contributed by atoms with E-state index >= 15 is 0 Å². The molecule has 0 bridgehead atoms. The van der Waals surface area contributed by atoms with Crippen LogP contribution in [0.2, 0.25) is 0 Å². The van der Waals surface area contributed by atoms with Crippen molar-refractivity contribution in [2.45, 2.75) is 39.5 Å². The molecule has 0 atom stereocenters. The molecule has 0 aliphatic rings. The van der Waals surface area contributed by atoms with E-state index in [0.29, 0.717) is 5.56 Å². The fourth-order valence-corrected chi connectivity index (χ4v) is 2.83. The van der Waals surface area contributed by atoms with Crippen molar-refractivity contribution in [1.82, 2.24) is 0 Å². The zero-order valence-corrected chi connectivity index (χ0v) is 12.1. The van der Waals surface area contributed by atoms with E-state index in [9.17, 15) is 4.79 Å². The second-order valence-corrected chi connectivity index (χ2v) is 6.44. The molecule has 0 amide bonds. The molecule has 0 saturated heterocycles. The minimum Gasteiger partial charge on any atom is -0.469 e. The molecule has 0 radical (unpaired) electrons. The van der Waals surface area contributed by atoms with Gasteiger partial charge in [-0.3, -0.25) is 4.79 Å². The molecule has 18 heavy (non-hydrogen) atoms. The maximum absolute atomic E-state index is 12.4. The van der Waals surface area contributed by atoms with Gasteiger partial charge in [-0.05, 0) is 23.6 Å². The van der Waals surface area contributed by atoms with Crippen LogP contribution in [-0.4, -0.2) is 5.78 Å². The van der Waals surface area contributed by atoms with Gasteiger partial charge in [-0.15, -0.1) is 11.3 Å². The first kappa shape index (κ1) is 13.1. The van der Waals surface area contributed by atoms with Crippen LogP contribution >= 0.6 is 11.3 Å². The van der Waals surface area contributed by atoms with E-state index in [1.54, 1.807) is 23.7 Å². The van der Waals surface area contributed by atoms with E-state index in [2.05, 4.69) is 20.8 Å². The smallest absolute Gasteiger partial charge is 0.206 e. The number of aryl methyl sites for hydroxylation is 1. The lowest BCUT2D eigenvalue weighted by Gasteiger charge is -2.15. The zero-order valence-electron chi connectivity index (χ0n) is 11.2. The number of carbonyl (C=O) groups excluding carboxylic acids is 1. The van der Waals surface area contributed by atoms with E-state index in [1.807, 2.05) is 19.1 Å². The van der Waals surface area contributed by atoms with Crippen molar-refractivity contribution in [3.63, 3.8) is 0 Å². The van der Waals surface area contributed by atoms with Gasteiger partial charge in [-0.2, -0.15) is 0 Å².